The second kappa shape index (κ2) is 6.88. The van der Waals surface area contributed by atoms with Gasteiger partial charge in [0.25, 0.3) is 0 Å². The molecule has 24 heavy (non-hydrogen) atoms. The van der Waals surface area contributed by atoms with Crippen molar-refractivity contribution >= 4 is 22.4 Å². The number of anilines is 1. The molecule has 1 N–H and O–H groups in total. The summed E-state index contributed by atoms with van der Waals surface area (Å²) in [4.78, 5) is 17.4. The molecule has 3 rings (SSSR count). The predicted molar refractivity (Wildman–Crippen MR) is 91.0 cm³/mol. The Bertz CT molecular complexity index is 875. The molecule has 0 aliphatic rings. The molecule has 122 valence electrons. The fourth-order valence-corrected chi connectivity index (χ4v) is 3.16. The van der Waals surface area contributed by atoms with Crippen LogP contribution in [0.2, 0.25) is 0 Å². The Morgan fingerprint density at radius 2 is 1.83 bits per heavy atom. The Morgan fingerprint density at radius 1 is 1.12 bits per heavy atom. The van der Waals surface area contributed by atoms with Crippen LogP contribution in [0.3, 0.4) is 0 Å². The SMILES string of the molecule is Cc1sc(NC(=O)Cc2ccccc2F)nc1-c1ccc(F)cc1. The standard InChI is InChI=1S/C18H14F2N2OS/c1-11-17(12-6-8-14(19)9-7-12)22-18(24-11)21-16(23)10-13-4-2-3-5-15(13)20/h2-9H,10H2,1H3,(H,21,22,23). The first-order valence-corrected chi connectivity index (χ1v) is 8.11. The maximum Gasteiger partial charge on any atom is 0.230 e. The molecule has 0 saturated heterocycles. The summed E-state index contributed by atoms with van der Waals surface area (Å²) in [6.07, 6.45) is -0.0584. The van der Waals surface area contributed by atoms with Gasteiger partial charge in [-0.15, -0.1) is 11.3 Å². The van der Waals surface area contributed by atoms with E-state index in [4.69, 9.17) is 0 Å². The second-order valence-electron chi connectivity index (χ2n) is 5.25. The number of carbonyl (C=O) groups excluding carboxylic acids is 1. The molecule has 2 aromatic carbocycles. The van der Waals surface area contributed by atoms with E-state index in [1.165, 1.54) is 29.5 Å². The maximum absolute atomic E-state index is 13.6. The molecule has 0 aliphatic heterocycles. The van der Waals surface area contributed by atoms with E-state index in [0.717, 1.165) is 10.4 Å². The molecule has 1 amide bonds. The van der Waals surface area contributed by atoms with Crippen molar-refractivity contribution in [1.29, 1.82) is 0 Å². The Hall–Kier alpha value is -2.60. The van der Waals surface area contributed by atoms with Crippen molar-refractivity contribution in [2.45, 2.75) is 13.3 Å². The number of nitrogens with zero attached hydrogens (tertiary/aromatic N) is 1. The zero-order valence-corrected chi connectivity index (χ0v) is 13.7. The predicted octanol–water partition coefficient (Wildman–Crippen LogP) is 4.58. The molecule has 0 aliphatic carbocycles. The molecular weight excluding hydrogens is 330 g/mol. The lowest BCUT2D eigenvalue weighted by atomic mass is 10.1. The normalized spacial score (nSPS) is 10.6. The third kappa shape index (κ3) is 3.65. The van der Waals surface area contributed by atoms with E-state index in [1.54, 1.807) is 30.3 Å². The minimum absolute atomic E-state index is 0.0584. The summed E-state index contributed by atoms with van der Waals surface area (Å²) in [6.45, 7) is 1.88. The minimum atomic E-state index is -0.407. The van der Waals surface area contributed by atoms with Crippen LogP contribution in [0.15, 0.2) is 48.5 Å². The highest BCUT2D eigenvalue weighted by Gasteiger charge is 2.13. The van der Waals surface area contributed by atoms with Gasteiger partial charge >= 0.3 is 0 Å². The lowest BCUT2D eigenvalue weighted by molar-refractivity contribution is -0.115. The molecule has 0 atom stereocenters. The topological polar surface area (TPSA) is 42.0 Å². The van der Waals surface area contributed by atoms with Gasteiger partial charge in [-0.3, -0.25) is 4.79 Å². The van der Waals surface area contributed by atoms with Gasteiger partial charge in [-0.1, -0.05) is 18.2 Å². The average molecular weight is 344 g/mol. The van der Waals surface area contributed by atoms with Gasteiger partial charge in [0.15, 0.2) is 5.13 Å². The van der Waals surface area contributed by atoms with Gasteiger partial charge in [-0.25, -0.2) is 13.8 Å². The molecule has 1 aromatic heterocycles. The number of aryl methyl sites for hydroxylation is 1. The Balaban J connectivity index is 1.74. The number of amides is 1. The van der Waals surface area contributed by atoms with Crippen LogP contribution < -0.4 is 5.32 Å². The van der Waals surface area contributed by atoms with Crippen molar-refractivity contribution in [2.75, 3.05) is 5.32 Å². The smallest absolute Gasteiger partial charge is 0.230 e. The van der Waals surface area contributed by atoms with Crippen LogP contribution in [0.25, 0.3) is 11.3 Å². The fourth-order valence-electron chi connectivity index (χ4n) is 2.30. The molecule has 0 fully saturated rings. The van der Waals surface area contributed by atoms with Crippen molar-refractivity contribution in [3.05, 3.63) is 70.6 Å². The fraction of sp³-hybridized carbons (Fsp3) is 0.111. The van der Waals surface area contributed by atoms with E-state index in [1.807, 2.05) is 6.92 Å². The van der Waals surface area contributed by atoms with E-state index in [2.05, 4.69) is 10.3 Å². The second-order valence-corrected chi connectivity index (χ2v) is 6.45. The minimum Gasteiger partial charge on any atom is -0.302 e. The lowest BCUT2D eigenvalue weighted by Gasteiger charge is -2.03. The van der Waals surface area contributed by atoms with E-state index in [0.29, 0.717) is 16.4 Å². The van der Waals surface area contributed by atoms with Crippen molar-refractivity contribution in [2.24, 2.45) is 0 Å². The van der Waals surface area contributed by atoms with Gasteiger partial charge < -0.3 is 5.32 Å². The third-order valence-electron chi connectivity index (χ3n) is 3.47. The van der Waals surface area contributed by atoms with E-state index < -0.39 is 5.82 Å². The summed E-state index contributed by atoms with van der Waals surface area (Å²) < 4.78 is 26.6. The van der Waals surface area contributed by atoms with Crippen molar-refractivity contribution < 1.29 is 13.6 Å². The molecule has 6 heteroatoms. The number of hydrogen-bond acceptors (Lipinski definition) is 3. The molecule has 0 spiro atoms. The van der Waals surface area contributed by atoms with E-state index in [-0.39, 0.29) is 18.1 Å². The number of hydrogen-bond donors (Lipinski definition) is 1. The van der Waals surface area contributed by atoms with Crippen molar-refractivity contribution in [3.63, 3.8) is 0 Å². The van der Waals surface area contributed by atoms with Gasteiger partial charge in [-0.05, 0) is 42.8 Å². The number of rotatable bonds is 4. The zero-order chi connectivity index (χ0) is 17.1. The van der Waals surface area contributed by atoms with Gasteiger partial charge in [0.2, 0.25) is 5.91 Å². The quantitative estimate of drug-likeness (QED) is 0.753. The largest absolute Gasteiger partial charge is 0.302 e. The Morgan fingerprint density at radius 3 is 2.54 bits per heavy atom. The monoisotopic (exact) mass is 344 g/mol. The highest BCUT2D eigenvalue weighted by molar-refractivity contribution is 7.16. The van der Waals surface area contributed by atoms with Crippen molar-refractivity contribution in [1.82, 2.24) is 4.98 Å². The molecule has 1 heterocycles. The number of thiazole rings is 1. The summed E-state index contributed by atoms with van der Waals surface area (Å²) in [5.41, 5.74) is 1.81. The Labute approximate surface area is 142 Å². The Kier molecular flexibility index (Phi) is 4.66. The number of halogens is 2. The van der Waals surface area contributed by atoms with Crippen LogP contribution in [0.4, 0.5) is 13.9 Å². The highest BCUT2D eigenvalue weighted by atomic mass is 32.1. The van der Waals surface area contributed by atoms with Crippen LogP contribution in [0.5, 0.6) is 0 Å². The first-order valence-electron chi connectivity index (χ1n) is 7.29. The average Bonchev–Trinajstić information content (AvgIpc) is 2.90. The molecule has 3 aromatic rings. The summed E-state index contributed by atoms with van der Waals surface area (Å²) in [6, 6.07) is 12.2. The molecular formula is C18H14F2N2OS. The molecule has 3 nitrogen and oxygen atoms in total. The van der Waals surface area contributed by atoms with E-state index >= 15 is 0 Å². The number of benzene rings is 2. The summed E-state index contributed by atoms with van der Waals surface area (Å²) in [7, 11) is 0. The first-order chi connectivity index (χ1) is 11.5. The van der Waals surface area contributed by atoms with Crippen LogP contribution in [0, 0.1) is 18.6 Å². The summed E-state index contributed by atoms with van der Waals surface area (Å²) in [5, 5.41) is 3.13. The molecule has 0 radical (unpaired) electrons. The molecule has 0 saturated carbocycles. The van der Waals surface area contributed by atoms with Crippen LogP contribution in [0.1, 0.15) is 10.4 Å². The van der Waals surface area contributed by atoms with Crippen LogP contribution in [-0.2, 0) is 11.2 Å². The van der Waals surface area contributed by atoms with Crippen molar-refractivity contribution in [3.8, 4) is 11.3 Å². The number of aromatic nitrogens is 1. The zero-order valence-electron chi connectivity index (χ0n) is 12.8. The molecule has 0 bridgehead atoms. The molecule has 0 unspecified atom stereocenters. The van der Waals surface area contributed by atoms with Crippen LogP contribution in [-0.4, -0.2) is 10.9 Å². The van der Waals surface area contributed by atoms with Gasteiger partial charge in [0.1, 0.15) is 11.6 Å². The highest BCUT2D eigenvalue weighted by Crippen LogP contribution is 2.30. The van der Waals surface area contributed by atoms with Gasteiger partial charge in [0, 0.05) is 10.4 Å². The number of carbonyl (C=O) groups is 1. The van der Waals surface area contributed by atoms with Crippen LogP contribution >= 0.6 is 11.3 Å². The van der Waals surface area contributed by atoms with Gasteiger partial charge in [0.05, 0.1) is 12.1 Å². The lowest BCUT2D eigenvalue weighted by Crippen LogP contribution is -2.15. The summed E-state index contributed by atoms with van der Waals surface area (Å²) in [5.74, 6) is -1.06. The number of nitrogens with one attached hydrogen (secondary N) is 1. The van der Waals surface area contributed by atoms with Gasteiger partial charge in [-0.2, -0.15) is 0 Å². The summed E-state index contributed by atoms with van der Waals surface area (Å²) >= 11 is 1.33. The maximum atomic E-state index is 13.6. The third-order valence-corrected chi connectivity index (χ3v) is 4.36. The van der Waals surface area contributed by atoms with E-state index in [9.17, 15) is 13.6 Å². The first kappa shape index (κ1) is 16.3.